The van der Waals surface area contributed by atoms with Crippen LogP contribution in [0.3, 0.4) is 0 Å². The van der Waals surface area contributed by atoms with Crippen molar-refractivity contribution >= 4 is 22.3 Å². The van der Waals surface area contributed by atoms with Crippen LogP contribution in [0.15, 0.2) is 72.9 Å². The van der Waals surface area contributed by atoms with E-state index in [1.54, 1.807) is 6.20 Å². The molecule has 0 aliphatic carbocycles. The van der Waals surface area contributed by atoms with Gasteiger partial charge in [-0.2, -0.15) is 5.10 Å². The van der Waals surface area contributed by atoms with Crippen LogP contribution in [-0.2, 0) is 17.8 Å². The van der Waals surface area contributed by atoms with E-state index in [1.165, 1.54) is 0 Å². The number of hydrogen-bond acceptors (Lipinski definition) is 4. The first-order valence-corrected chi connectivity index (χ1v) is 12.5. The predicted molar refractivity (Wildman–Crippen MR) is 137 cm³/mol. The first-order valence-electron chi connectivity index (χ1n) is 11.4. The molecule has 0 spiro atoms. The van der Waals surface area contributed by atoms with Gasteiger partial charge in [-0.05, 0) is 58.4 Å². The molecular weight excluding hydrogens is 428 g/mol. The van der Waals surface area contributed by atoms with Crippen molar-refractivity contribution in [1.29, 1.82) is 0 Å². The minimum atomic E-state index is -1.24. The van der Waals surface area contributed by atoms with E-state index in [2.05, 4.69) is 64.6 Å². The molecule has 6 heteroatoms. The van der Waals surface area contributed by atoms with Crippen LogP contribution in [0.2, 0.25) is 0 Å². The van der Waals surface area contributed by atoms with Gasteiger partial charge in [-0.1, -0.05) is 48.5 Å². The molecule has 2 aromatic heterocycles. The van der Waals surface area contributed by atoms with E-state index in [9.17, 15) is 4.55 Å². The fourth-order valence-electron chi connectivity index (χ4n) is 3.95. The predicted octanol–water partition coefficient (Wildman–Crippen LogP) is 6.01. The summed E-state index contributed by atoms with van der Waals surface area (Å²) in [6, 6.07) is 22.6. The first-order chi connectivity index (χ1) is 15.8. The van der Waals surface area contributed by atoms with Gasteiger partial charge in [0.05, 0.1) is 11.6 Å². The summed E-state index contributed by atoms with van der Waals surface area (Å²) in [7, 11) is 0. The van der Waals surface area contributed by atoms with Crippen LogP contribution >= 0.6 is 0 Å². The highest BCUT2D eigenvalue weighted by atomic mass is 32.2. The zero-order valence-electron chi connectivity index (χ0n) is 19.9. The molecule has 0 saturated heterocycles. The van der Waals surface area contributed by atoms with Crippen molar-refractivity contribution in [2.75, 3.05) is 0 Å². The second kappa shape index (κ2) is 9.67. The van der Waals surface area contributed by atoms with E-state index in [0.29, 0.717) is 6.42 Å². The molecule has 0 aliphatic rings. The molecule has 0 saturated carbocycles. The maximum Gasteiger partial charge on any atom is 0.136 e. The molecule has 0 fully saturated rings. The summed E-state index contributed by atoms with van der Waals surface area (Å²) in [6.07, 6.45) is 2.43. The summed E-state index contributed by atoms with van der Waals surface area (Å²) >= 11 is -1.24. The lowest BCUT2D eigenvalue weighted by Crippen LogP contribution is -2.42. The lowest BCUT2D eigenvalue weighted by Gasteiger charge is -2.29. The van der Waals surface area contributed by atoms with Gasteiger partial charge in [-0.25, -0.2) is 0 Å². The van der Waals surface area contributed by atoms with E-state index in [4.69, 9.17) is 5.10 Å². The van der Waals surface area contributed by atoms with Crippen molar-refractivity contribution in [3.05, 3.63) is 84.2 Å². The number of rotatable bonds is 7. The topological polar surface area (TPSA) is 65.8 Å². The average Bonchev–Trinajstić information content (AvgIpc) is 3.19. The Hall–Kier alpha value is -2.67. The summed E-state index contributed by atoms with van der Waals surface area (Å²) in [5.41, 5.74) is 5.13. The number of nitrogens with zero attached hydrogens (tertiary/aromatic N) is 3. The highest BCUT2D eigenvalue weighted by Crippen LogP contribution is 2.35. The minimum Gasteiger partial charge on any atom is -0.598 e. The SMILES string of the molecule is CC(C)n1nc(-c2ccccc2[C@H](Cc2ccccn2)N[S@@+]([O-])C(C)(C)C)c2ccccc21. The Kier molecular flexibility index (Phi) is 6.88. The number of pyridine rings is 1. The van der Waals surface area contributed by atoms with Crippen LogP contribution in [0.4, 0.5) is 0 Å². The molecule has 2 atom stereocenters. The van der Waals surface area contributed by atoms with Crippen LogP contribution in [0.5, 0.6) is 0 Å². The molecule has 1 N–H and O–H groups in total. The molecule has 0 amide bonds. The maximum atomic E-state index is 13.2. The third-order valence-corrected chi connectivity index (χ3v) is 7.25. The van der Waals surface area contributed by atoms with Gasteiger partial charge in [-0.15, -0.1) is 4.72 Å². The normalized spacial score (nSPS) is 14.0. The highest BCUT2D eigenvalue weighted by molar-refractivity contribution is 7.90. The van der Waals surface area contributed by atoms with Crippen molar-refractivity contribution in [2.45, 2.75) is 57.9 Å². The molecule has 4 aromatic rings. The van der Waals surface area contributed by atoms with Gasteiger partial charge in [0.2, 0.25) is 0 Å². The van der Waals surface area contributed by atoms with Crippen LogP contribution in [0, 0.1) is 0 Å². The lowest BCUT2D eigenvalue weighted by atomic mass is 9.94. The van der Waals surface area contributed by atoms with Gasteiger partial charge < -0.3 is 4.55 Å². The number of fused-ring (bicyclic) bond motifs is 1. The summed E-state index contributed by atoms with van der Waals surface area (Å²) in [5, 5.41) is 6.15. The molecule has 0 radical (unpaired) electrons. The van der Waals surface area contributed by atoms with E-state index in [-0.39, 0.29) is 16.8 Å². The Bertz CT molecular complexity index is 1210. The molecule has 4 rings (SSSR count). The van der Waals surface area contributed by atoms with Crippen molar-refractivity contribution in [1.82, 2.24) is 19.5 Å². The van der Waals surface area contributed by atoms with Crippen LogP contribution in [-0.4, -0.2) is 24.1 Å². The Morgan fingerprint density at radius 3 is 2.36 bits per heavy atom. The van der Waals surface area contributed by atoms with E-state index in [0.717, 1.165) is 33.4 Å². The summed E-state index contributed by atoms with van der Waals surface area (Å²) in [6.45, 7) is 10.2. The van der Waals surface area contributed by atoms with E-state index < -0.39 is 11.4 Å². The largest absolute Gasteiger partial charge is 0.598 e. The van der Waals surface area contributed by atoms with Crippen molar-refractivity contribution in [3.63, 3.8) is 0 Å². The van der Waals surface area contributed by atoms with Gasteiger partial charge in [0, 0.05) is 46.7 Å². The summed E-state index contributed by atoms with van der Waals surface area (Å²) in [5.74, 6) is 0. The average molecular weight is 461 g/mol. The van der Waals surface area contributed by atoms with Gasteiger partial charge in [0.25, 0.3) is 0 Å². The smallest absolute Gasteiger partial charge is 0.136 e. The number of nitrogens with one attached hydrogen (secondary N) is 1. The zero-order valence-corrected chi connectivity index (χ0v) is 20.8. The van der Waals surface area contributed by atoms with Gasteiger partial charge in [0.15, 0.2) is 0 Å². The number of benzene rings is 2. The van der Waals surface area contributed by atoms with Crippen molar-refractivity contribution in [2.24, 2.45) is 0 Å². The quantitative estimate of drug-likeness (QED) is 0.343. The van der Waals surface area contributed by atoms with Crippen molar-refractivity contribution in [3.8, 4) is 11.3 Å². The minimum absolute atomic E-state index is 0.181. The van der Waals surface area contributed by atoms with Crippen LogP contribution in [0.1, 0.15) is 58.0 Å². The first kappa shape index (κ1) is 23.5. The van der Waals surface area contributed by atoms with Crippen LogP contribution < -0.4 is 4.72 Å². The molecule has 172 valence electrons. The third kappa shape index (κ3) is 5.13. The Balaban J connectivity index is 1.84. The maximum absolute atomic E-state index is 13.2. The third-order valence-electron chi connectivity index (χ3n) is 5.64. The molecule has 0 unspecified atom stereocenters. The highest BCUT2D eigenvalue weighted by Gasteiger charge is 2.31. The molecule has 5 nitrogen and oxygen atoms in total. The standard InChI is InChI=1S/C27H32N4OS/c1-19(2)31-25-16-9-8-15-23(25)26(29-31)22-14-7-6-13-21(22)24(30-33(32)27(3,4)5)18-20-12-10-11-17-28-20/h6-17,19,24,30H,18H2,1-5H3/t24-,33-/m0/s1. The fourth-order valence-corrected chi connectivity index (χ4v) is 4.77. The second-order valence-corrected chi connectivity index (χ2v) is 11.6. The monoisotopic (exact) mass is 460 g/mol. The zero-order chi connectivity index (χ0) is 23.6. The Labute approximate surface area is 199 Å². The molecule has 2 aromatic carbocycles. The summed E-state index contributed by atoms with van der Waals surface area (Å²) < 4.78 is 18.3. The van der Waals surface area contributed by atoms with E-state index >= 15 is 0 Å². The Morgan fingerprint density at radius 1 is 0.970 bits per heavy atom. The number of para-hydroxylation sites is 1. The van der Waals surface area contributed by atoms with Crippen LogP contribution in [0.25, 0.3) is 22.2 Å². The molecule has 33 heavy (non-hydrogen) atoms. The molecular formula is C27H32N4OS. The van der Waals surface area contributed by atoms with Gasteiger partial charge >= 0.3 is 0 Å². The fraction of sp³-hybridized carbons (Fsp3) is 0.333. The van der Waals surface area contributed by atoms with Gasteiger partial charge in [0.1, 0.15) is 10.4 Å². The molecule has 0 bridgehead atoms. The number of aromatic nitrogens is 3. The number of hydrogen-bond donors (Lipinski definition) is 1. The molecule has 0 aliphatic heterocycles. The Morgan fingerprint density at radius 2 is 1.67 bits per heavy atom. The van der Waals surface area contributed by atoms with E-state index in [1.807, 2.05) is 51.1 Å². The van der Waals surface area contributed by atoms with Crippen molar-refractivity contribution < 1.29 is 4.55 Å². The van der Waals surface area contributed by atoms with Gasteiger partial charge in [-0.3, -0.25) is 9.67 Å². The second-order valence-electron chi connectivity index (χ2n) is 9.57. The summed E-state index contributed by atoms with van der Waals surface area (Å²) in [4.78, 5) is 4.53. The lowest BCUT2D eigenvalue weighted by molar-refractivity contribution is 0.521. The molecule has 2 heterocycles.